The number of rotatable bonds is 5. The maximum Gasteiger partial charge on any atom is 0.287 e. The Hall–Kier alpha value is -2.44. The third kappa shape index (κ3) is 4.95. The lowest BCUT2D eigenvalue weighted by Crippen LogP contribution is -2.26. The van der Waals surface area contributed by atoms with E-state index in [9.17, 15) is 20.2 Å². The Morgan fingerprint density at radius 1 is 1.48 bits per heavy atom. The Labute approximate surface area is 177 Å². The first-order valence-electron chi connectivity index (χ1n) is 9.26. The summed E-state index contributed by atoms with van der Waals surface area (Å²) in [6.07, 6.45) is 4.04. The average molecular weight is 431 g/mol. The molecule has 1 aliphatic rings. The van der Waals surface area contributed by atoms with Gasteiger partial charge in [-0.2, -0.15) is 5.26 Å². The molecule has 0 saturated carbocycles. The Balaban J connectivity index is 1.66. The number of carbonyl (C=O) groups is 1. The van der Waals surface area contributed by atoms with Gasteiger partial charge in [-0.1, -0.05) is 32.5 Å². The fourth-order valence-corrected chi connectivity index (χ4v) is 5.34. The SMILES string of the molecule is CC(C)(C)[C@H]1CCc2c(sc(NC(=O)CSc3ccc([N+](=O)[O-])cn3)c2C#N)C1. The fourth-order valence-electron chi connectivity index (χ4n) is 3.40. The zero-order valence-corrected chi connectivity index (χ0v) is 18.2. The molecule has 2 aromatic rings. The molecule has 1 amide bonds. The van der Waals surface area contributed by atoms with Gasteiger partial charge < -0.3 is 5.32 Å². The molecule has 0 fully saturated rings. The largest absolute Gasteiger partial charge is 0.316 e. The first-order valence-corrected chi connectivity index (χ1v) is 11.1. The molecule has 1 atom stereocenters. The molecule has 1 N–H and O–H groups in total. The lowest BCUT2D eigenvalue weighted by molar-refractivity contribution is -0.385. The number of nitrogens with one attached hydrogen (secondary N) is 1. The average Bonchev–Trinajstić information content (AvgIpc) is 3.02. The summed E-state index contributed by atoms with van der Waals surface area (Å²) in [5.74, 6) is 0.452. The van der Waals surface area contributed by atoms with Crippen LogP contribution in [0, 0.1) is 32.8 Å². The van der Waals surface area contributed by atoms with E-state index in [1.54, 1.807) is 0 Å². The molecule has 2 heterocycles. The van der Waals surface area contributed by atoms with Crippen LogP contribution in [-0.2, 0) is 17.6 Å². The third-order valence-corrected chi connectivity index (χ3v) is 7.25. The summed E-state index contributed by atoms with van der Waals surface area (Å²) in [5.41, 5.74) is 1.80. The maximum atomic E-state index is 12.4. The van der Waals surface area contributed by atoms with Crippen LogP contribution in [0.1, 0.15) is 43.2 Å². The summed E-state index contributed by atoms with van der Waals surface area (Å²) in [7, 11) is 0. The number of carbonyl (C=O) groups excluding carboxylic acids is 1. The number of fused-ring (bicyclic) bond motifs is 1. The number of thiophene rings is 1. The van der Waals surface area contributed by atoms with Crippen LogP contribution in [0.4, 0.5) is 10.7 Å². The molecule has 29 heavy (non-hydrogen) atoms. The van der Waals surface area contributed by atoms with Crippen LogP contribution in [0.25, 0.3) is 0 Å². The van der Waals surface area contributed by atoms with E-state index < -0.39 is 4.92 Å². The summed E-state index contributed by atoms with van der Waals surface area (Å²) in [6, 6.07) is 5.15. The highest BCUT2D eigenvalue weighted by atomic mass is 32.2. The summed E-state index contributed by atoms with van der Waals surface area (Å²) < 4.78 is 0. The second-order valence-electron chi connectivity index (χ2n) is 8.07. The molecule has 0 aliphatic heterocycles. The van der Waals surface area contributed by atoms with Crippen LogP contribution in [0.15, 0.2) is 23.4 Å². The first kappa shape index (κ1) is 21.3. The predicted octanol–water partition coefficient (Wildman–Crippen LogP) is 4.80. The van der Waals surface area contributed by atoms with Crippen molar-refractivity contribution in [3.8, 4) is 6.07 Å². The molecule has 7 nitrogen and oxygen atoms in total. The van der Waals surface area contributed by atoms with Crippen LogP contribution in [0.2, 0.25) is 0 Å². The predicted molar refractivity (Wildman–Crippen MR) is 114 cm³/mol. The lowest BCUT2D eigenvalue weighted by Gasteiger charge is -2.33. The first-order chi connectivity index (χ1) is 13.7. The Kier molecular flexibility index (Phi) is 6.24. The van der Waals surface area contributed by atoms with E-state index in [0.29, 0.717) is 21.5 Å². The van der Waals surface area contributed by atoms with E-state index >= 15 is 0 Å². The van der Waals surface area contributed by atoms with Crippen LogP contribution in [0.3, 0.4) is 0 Å². The zero-order chi connectivity index (χ0) is 21.2. The van der Waals surface area contributed by atoms with E-state index in [2.05, 4.69) is 37.1 Å². The van der Waals surface area contributed by atoms with Crippen molar-refractivity contribution in [3.05, 3.63) is 44.4 Å². The quantitative estimate of drug-likeness (QED) is 0.414. The Morgan fingerprint density at radius 2 is 2.24 bits per heavy atom. The van der Waals surface area contributed by atoms with Crippen molar-refractivity contribution in [2.75, 3.05) is 11.1 Å². The van der Waals surface area contributed by atoms with E-state index in [4.69, 9.17) is 0 Å². The number of thioether (sulfide) groups is 1. The Morgan fingerprint density at radius 3 is 2.83 bits per heavy atom. The van der Waals surface area contributed by atoms with Crippen molar-refractivity contribution in [1.29, 1.82) is 5.26 Å². The minimum atomic E-state index is -0.514. The number of hydrogen-bond acceptors (Lipinski definition) is 7. The molecule has 0 saturated heterocycles. The summed E-state index contributed by atoms with van der Waals surface area (Å²) in [4.78, 5) is 27.7. The number of anilines is 1. The second-order valence-corrected chi connectivity index (χ2v) is 10.2. The molecule has 0 bridgehead atoms. The van der Waals surface area contributed by atoms with Crippen molar-refractivity contribution >= 4 is 39.7 Å². The standard InChI is InChI=1S/C20H22N4O3S2/c1-20(2,3)12-4-6-14-15(9-21)19(29-16(14)8-12)23-17(25)11-28-18-7-5-13(10-22-18)24(26)27/h5,7,10,12H,4,6,8,11H2,1-3H3,(H,23,25)/t12-/m0/s1. The summed E-state index contributed by atoms with van der Waals surface area (Å²) >= 11 is 2.70. The monoisotopic (exact) mass is 430 g/mol. The zero-order valence-electron chi connectivity index (χ0n) is 16.5. The van der Waals surface area contributed by atoms with Gasteiger partial charge >= 0.3 is 0 Å². The molecule has 0 spiro atoms. The van der Waals surface area contributed by atoms with Crippen LogP contribution >= 0.6 is 23.1 Å². The van der Waals surface area contributed by atoms with Crippen molar-refractivity contribution in [3.63, 3.8) is 0 Å². The van der Waals surface area contributed by atoms with Gasteiger partial charge in [0.15, 0.2) is 0 Å². The van der Waals surface area contributed by atoms with Gasteiger partial charge in [-0.05, 0) is 42.2 Å². The van der Waals surface area contributed by atoms with Crippen LogP contribution in [-0.4, -0.2) is 21.6 Å². The minimum absolute atomic E-state index is 0.0878. The van der Waals surface area contributed by atoms with Crippen molar-refractivity contribution in [2.24, 2.45) is 11.3 Å². The number of amides is 1. The summed E-state index contributed by atoms with van der Waals surface area (Å²) in [6.45, 7) is 6.73. The molecule has 0 unspecified atom stereocenters. The number of aromatic nitrogens is 1. The van der Waals surface area contributed by atoms with Gasteiger partial charge in [-0.25, -0.2) is 4.98 Å². The van der Waals surface area contributed by atoms with Crippen LogP contribution < -0.4 is 5.32 Å². The van der Waals surface area contributed by atoms with Gasteiger partial charge in [0.05, 0.1) is 21.3 Å². The molecule has 2 aromatic heterocycles. The summed E-state index contributed by atoms with van der Waals surface area (Å²) in [5, 5.41) is 24.3. The molecule has 1 aliphatic carbocycles. The smallest absolute Gasteiger partial charge is 0.287 e. The molecule has 152 valence electrons. The molecular weight excluding hydrogens is 408 g/mol. The van der Waals surface area contributed by atoms with Gasteiger partial charge in [0, 0.05) is 10.9 Å². The van der Waals surface area contributed by atoms with Gasteiger partial charge in [-0.3, -0.25) is 14.9 Å². The fraction of sp³-hybridized carbons (Fsp3) is 0.450. The number of nitrogens with zero attached hydrogens (tertiary/aromatic N) is 3. The number of pyridine rings is 1. The Bertz CT molecular complexity index is 971. The van der Waals surface area contributed by atoms with Crippen LogP contribution in [0.5, 0.6) is 0 Å². The highest BCUT2D eigenvalue weighted by Crippen LogP contribution is 2.44. The number of nitro groups is 1. The lowest BCUT2D eigenvalue weighted by atomic mass is 9.72. The molecular formula is C20H22N4O3S2. The van der Waals surface area contributed by atoms with E-state index in [1.165, 1.54) is 46.3 Å². The van der Waals surface area contributed by atoms with Gasteiger partial charge in [0.25, 0.3) is 5.69 Å². The molecule has 3 rings (SSSR count). The van der Waals surface area contributed by atoms with Gasteiger partial charge in [0.2, 0.25) is 5.91 Å². The topological polar surface area (TPSA) is 109 Å². The highest BCUT2D eigenvalue weighted by Gasteiger charge is 2.32. The molecule has 9 heteroatoms. The second kappa shape index (κ2) is 8.51. The number of nitriles is 1. The third-order valence-electron chi connectivity index (χ3n) is 5.14. The van der Waals surface area contributed by atoms with Gasteiger partial charge in [-0.15, -0.1) is 11.3 Å². The van der Waals surface area contributed by atoms with E-state index in [1.807, 2.05) is 0 Å². The van der Waals surface area contributed by atoms with E-state index in [0.717, 1.165) is 24.8 Å². The van der Waals surface area contributed by atoms with Gasteiger partial charge in [0.1, 0.15) is 17.3 Å². The van der Waals surface area contributed by atoms with E-state index in [-0.39, 0.29) is 22.8 Å². The van der Waals surface area contributed by atoms with Crippen molar-refractivity contribution in [2.45, 2.75) is 45.1 Å². The minimum Gasteiger partial charge on any atom is -0.316 e. The highest BCUT2D eigenvalue weighted by molar-refractivity contribution is 7.99. The normalized spacial score (nSPS) is 16.0. The molecule has 0 aromatic carbocycles. The van der Waals surface area contributed by atoms with Crippen molar-refractivity contribution in [1.82, 2.24) is 4.98 Å². The number of hydrogen-bond donors (Lipinski definition) is 1. The molecule has 0 radical (unpaired) electrons. The maximum absolute atomic E-state index is 12.4. The van der Waals surface area contributed by atoms with Crippen molar-refractivity contribution < 1.29 is 9.72 Å².